The zero-order valence-corrected chi connectivity index (χ0v) is 12.9. The van der Waals surface area contributed by atoms with Crippen LogP contribution in [0, 0.1) is 30.1 Å². The number of benzene rings is 1. The lowest BCUT2D eigenvalue weighted by Crippen LogP contribution is -2.48. The van der Waals surface area contributed by atoms with Gasteiger partial charge in [0.05, 0.1) is 0 Å². The summed E-state index contributed by atoms with van der Waals surface area (Å²) >= 11 is 0. The van der Waals surface area contributed by atoms with Gasteiger partial charge in [-0.25, -0.2) is 0 Å². The molecule has 0 radical (unpaired) electrons. The Morgan fingerprint density at radius 2 is 1.67 bits per heavy atom. The summed E-state index contributed by atoms with van der Waals surface area (Å²) in [6.45, 7) is 2.99. The first-order chi connectivity index (χ1) is 10.2. The predicted octanol–water partition coefficient (Wildman–Crippen LogP) is 4.99. The zero-order valence-electron chi connectivity index (χ0n) is 12.9. The Hall–Kier alpha value is -1.24. The fourth-order valence-corrected chi connectivity index (χ4v) is 6.18. The molecule has 1 heterocycles. The van der Waals surface area contributed by atoms with E-state index in [9.17, 15) is 0 Å². The first-order valence-electron chi connectivity index (χ1n) is 8.65. The molecule has 0 atom stereocenters. The smallest absolute Gasteiger partial charge is 0.129 e. The predicted molar refractivity (Wildman–Crippen MR) is 85.3 cm³/mol. The molecule has 110 valence electrons. The summed E-state index contributed by atoms with van der Waals surface area (Å²) in [6, 6.07) is 6.54. The van der Waals surface area contributed by atoms with Gasteiger partial charge in [0.2, 0.25) is 0 Å². The van der Waals surface area contributed by atoms with E-state index < -0.39 is 0 Å². The maximum absolute atomic E-state index is 6.19. The molecule has 1 heteroatoms. The third-order valence-electron chi connectivity index (χ3n) is 6.66. The van der Waals surface area contributed by atoms with Crippen molar-refractivity contribution < 1.29 is 4.74 Å². The Morgan fingerprint density at radius 3 is 2.33 bits per heavy atom. The van der Waals surface area contributed by atoms with Crippen LogP contribution in [0.5, 0.6) is 5.75 Å². The normalized spacial score (nSPS) is 39.7. The molecule has 4 bridgehead atoms. The Labute approximate surface area is 127 Å². The van der Waals surface area contributed by atoms with Crippen LogP contribution in [0.25, 0.3) is 6.08 Å². The van der Waals surface area contributed by atoms with Gasteiger partial charge in [-0.3, -0.25) is 0 Å². The van der Waals surface area contributed by atoms with E-state index in [1.807, 2.05) is 0 Å². The van der Waals surface area contributed by atoms with E-state index in [-0.39, 0.29) is 0 Å². The first kappa shape index (κ1) is 12.3. The van der Waals surface area contributed by atoms with Gasteiger partial charge >= 0.3 is 0 Å². The molecular weight excluding hydrogens is 256 g/mol. The number of aryl methyl sites for hydroxylation is 1. The Bertz CT molecular complexity index is 589. The fraction of sp³-hybridized carbons (Fsp3) is 0.600. The third kappa shape index (κ3) is 1.76. The lowest BCUT2D eigenvalue weighted by Gasteiger charge is -2.58. The second-order valence-corrected chi connectivity index (χ2v) is 8.15. The summed E-state index contributed by atoms with van der Waals surface area (Å²) in [5.74, 6) is 4.15. The molecule has 6 rings (SSSR count). The standard InChI is InChI=1S/C20H24O/c1-13-3-2-4-17-8-18(12-21-19(13)17)20-9-14-5-15(10-20)7-16(6-14)11-20/h2-4,8,14-16H,5-7,9-12H2,1H3. The van der Waals surface area contributed by atoms with Crippen LogP contribution in [-0.2, 0) is 0 Å². The van der Waals surface area contributed by atoms with Crippen LogP contribution < -0.4 is 4.74 Å². The quantitative estimate of drug-likeness (QED) is 0.704. The number of fused-ring (bicyclic) bond motifs is 1. The molecular formula is C20H24O. The van der Waals surface area contributed by atoms with Gasteiger partial charge in [0.25, 0.3) is 0 Å². The van der Waals surface area contributed by atoms with Crippen LogP contribution in [-0.4, -0.2) is 6.61 Å². The SMILES string of the molecule is Cc1cccc2c1OCC(C13CC4CC(CC(C4)C1)C3)=C2. The number of para-hydroxylation sites is 1. The van der Waals surface area contributed by atoms with Crippen LogP contribution in [0.2, 0.25) is 0 Å². The monoisotopic (exact) mass is 280 g/mol. The van der Waals surface area contributed by atoms with Gasteiger partial charge in [-0.1, -0.05) is 18.2 Å². The van der Waals surface area contributed by atoms with Gasteiger partial charge in [0, 0.05) is 5.56 Å². The average molecular weight is 280 g/mol. The molecule has 4 aliphatic carbocycles. The van der Waals surface area contributed by atoms with Gasteiger partial charge in [-0.2, -0.15) is 0 Å². The van der Waals surface area contributed by atoms with E-state index in [1.54, 1.807) is 5.57 Å². The molecule has 1 aliphatic heterocycles. The maximum Gasteiger partial charge on any atom is 0.129 e. The molecule has 0 unspecified atom stereocenters. The van der Waals surface area contributed by atoms with Crippen molar-refractivity contribution in [2.75, 3.05) is 6.61 Å². The van der Waals surface area contributed by atoms with Crippen LogP contribution in [0.3, 0.4) is 0 Å². The summed E-state index contributed by atoms with van der Waals surface area (Å²) < 4.78 is 6.19. The van der Waals surface area contributed by atoms with Crippen molar-refractivity contribution in [3.63, 3.8) is 0 Å². The van der Waals surface area contributed by atoms with E-state index in [2.05, 4.69) is 31.2 Å². The number of ether oxygens (including phenoxy) is 1. The minimum Gasteiger partial charge on any atom is -0.488 e. The molecule has 0 saturated heterocycles. The Morgan fingerprint density at radius 1 is 1.00 bits per heavy atom. The van der Waals surface area contributed by atoms with E-state index in [1.165, 1.54) is 49.7 Å². The summed E-state index contributed by atoms with van der Waals surface area (Å²) in [5, 5.41) is 0. The molecule has 4 saturated carbocycles. The molecule has 0 aromatic heterocycles. The molecule has 4 fully saturated rings. The summed E-state index contributed by atoms with van der Waals surface area (Å²) in [5.41, 5.74) is 4.69. The molecule has 0 amide bonds. The summed E-state index contributed by atoms with van der Waals surface area (Å²) in [6.07, 6.45) is 11.4. The highest BCUT2D eigenvalue weighted by molar-refractivity contribution is 5.65. The number of rotatable bonds is 1. The first-order valence-corrected chi connectivity index (χ1v) is 8.65. The van der Waals surface area contributed by atoms with Crippen molar-refractivity contribution in [1.29, 1.82) is 0 Å². The van der Waals surface area contributed by atoms with Crippen molar-refractivity contribution >= 4 is 6.08 Å². The second-order valence-electron chi connectivity index (χ2n) is 8.15. The minimum atomic E-state index is 0.496. The zero-order chi connectivity index (χ0) is 14.0. The highest BCUT2D eigenvalue weighted by Crippen LogP contribution is 2.63. The van der Waals surface area contributed by atoms with Crippen molar-refractivity contribution in [3.8, 4) is 5.75 Å². The maximum atomic E-state index is 6.19. The van der Waals surface area contributed by atoms with E-state index in [0.29, 0.717) is 5.41 Å². The van der Waals surface area contributed by atoms with Crippen LogP contribution >= 0.6 is 0 Å². The van der Waals surface area contributed by atoms with Crippen LogP contribution in [0.4, 0.5) is 0 Å². The second kappa shape index (κ2) is 4.15. The highest BCUT2D eigenvalue weighted by Gasteiger charge is 2.52. The van der Waals surface area contributed by atoms with Crippen LogP contribution in [0.1, 0.15) is 49.7 Å². The van der Waals surface area contributed by atoms with Gasteiger partial charge < -0.3 is 4.74 Å². The topological polar surface area (TPSA) is 9.23 Å². The fourth-order valence-electron chi connectivity index (χ4n) is 6.18. The van der Waals surface area contributed by atoms with E-state index in [4.69, 9.17) is 4.74 Å². The Kier molecular flexibility index (Phi) is 2.43. The minimum absolute atomic E-state index is 0.496. The summed E-state index contributed by atoms with van der Waals surface area (Å²) in [4.78, 5) is 0. The molecule has 0 spiro atoms. The van der Waals surface area contributed by atoms with E-state index in [0.717, 1.165) is 30.1 Å². The largest absolute Gasteiger partial charge is 0.488 e. The average Bonchev–Trinajstić information content (AvgIpc) is 2.46. The van der Waals surface area contributed by atoms with Crippen molar-refractivity contribution in [3.05, 3.63) is 34.9 Å². The van der Waals surface area contributed by atoms with Gasteiger partial charge in [-0.15, -0.1) is 0 Å². The lowest BCUT2D eigenvalue weighted by atomic mass is 9.47. The number of hydrogen-bond acceptors (Lipinski definition) is 1. The van der Waals surface area contributed by atoms with Gasteiger partial charge in [0.1, 0.15) is 12.4 Å². The van der Waals surface area contributed by atoms with Gasteiger partial charge in [0.15, 0.2) is 0 Å². The number of hydrogen-bond donors (Lipinski definition) is 0. The highest BCUT2D eigenvalue weighted by atomic mass is 16.5. The molecule has 1 nitrogen and oxygen atoms in total. The molecule has 5 aliphatic rings. The molecule has 0 N–H and O–H groups in total. The Balaban J connectivity index is 1.56. The lowest BCUT2D eigenvalue weighted by molar-refractivity contribution is -0.0340. The van der Waals surface area contributed by atoms with Crippen molar-refractivity contribution in [1.82, 2.24) is 0 Å². The third-order valence-corrected chi connectivity index (χ3v) is 6.66. The van der Waals surface area contributed by atoms with Gasteiger partial charge in [-0.05, 0) is 85.8 Å². The molecule has 21 heavy (non-hydrogen) atoms. The summed E-state index contributed by atoms with van der Waals surface area (Å²) in [7, 11) is 0. The molecule has 1 aromatic carbocycles. The molecule has 1 aromatic rings. The van der Waals surface area contributed by atoms with Crippen molar-refractivity contribution in [2.45, 2.75) is 45.4 Å². The van der Waals surface area contributed by atoms with E-state index >= 15 is 0 Å². The van der Waals surface area contributed by atoms with Crippen LogP contribution in [0.15, 0.2) is 23.8 Å². The van der Waals surface area contributed by atoms with Crippen molar-refractivity contribution in [2.24, 2.45) is 23.2 Å².